The first-order valence-corrected chi connectivity index (χ1v) is 10.7. The monoisotopic (exact) mass is 358 g/mol. The van der Waals surface area contributed by atoms with Crippen LogP contribution in [0.4, 0.5) is 4.39 Å². The Balaban J connectivity index is 1.44. The van der Waals surface area contributed by atoms with Crippen LogP contribution in [-0.2, 0) is 6.42 Å². The first kappa shape index (κ1) is 19.5. The van der Waals surface area contributed by atoms with Gasteiger partial charge in [0.15, 0.2) is 11.6 Å². The molecule has 0 spiro atoms. The number of aryl methyl sites for hydroxylation is 1. The van der Waals surface area contributed by atoms with Gasteiger partial charge in [-0.15, -0.1) is 0 Å². The Bertz CT molecular complexity index is 598. The van der Waals surface area contributed by atoms with E-state index in [1.165, 1.54) is 64.9 Å². The van der Waals surface area contributed by atoms with Crippen LogP contribution in [0, 0.1) is 23.6 Å². The van der Waals surface area contributed by atoms with Gasteiger partial charge in [0.25, 0.3) is 0 Å². The molecule has 1 fully saturated rings. The molecule has 3 rings (SSSR count). The molecule has 0 heterocycles. The minimum atomic E-state index is -0.249. The van der Waals surface area contributed by atoms with E-state index in [9.17, 15) is 4.39 Å². The fourth-order valence-electron chi connectivity index (χ4n) is 5.09. The lowest BCUT2D eigenvalue weighted by atomic mass is 9.70. The second kappa shape index (κ2) is 9.58. The molecule has 0 amide bonds. The summed E-state index contributed by atoms with van der Waals surface area (Å²) in [6.45, 7) is 2.32. The molecule has 2 aliphatic carbocycles. The highest BCUT2D eigenvalue weighted by atomic mass is 19.1. The van der Waals surface area contributed by atoms with Crippen LogP contribution in [0.3, 0.4) is 0 Å². The zero-order chi connectivity index (χ0) is 18.4. The van der Waals surface area contributed by atoms with Crippen LogP contribution in [0.2, 0.25) is 0 Å². The quantitative estimate of drug-likeness (QED) is 0.472. The third kappa shape index (κ3) is 5.11. The molecule has 0 aromatic heterocycles. The van der Waals surface area contributed by atoms with Crippen LogP contribution in [0.5, 0.6) is 5.75 Å². The molecular formula is C24H35FO. The summed E-state index contributed by atoms with van der Waals surface area (Å²) in [6.07, 6.45) is 17.0. The Kier molecular flexibility index (Phi) is 7.16. The number of benzene rings is 1. The lowest BCUT2D eigenvalue weighted by Gasteiger charge is -2.35. The van der Waals surface area contributed by atoms with E-state index in [-0.39, 0.29) is 5.82 Å². The van der Waals surface area contributed by atoms with Gasteiger partial charge in [-0.2, -0.15) is 0 Å². The largest absolute Gasteiger partial charge is 0.494 e. The second-order valence-electron chi connectivity index (χ2n) is 8.44. The van der Waals surface area contributed by atoms with Crippen molar-refractivity contribution in [2.45, 2.75) is 77.6 Å². The van der Waals surface area contributed by atoms with E-state index < -0.39 is 0 Å². The average molecular weight is 359 g/mol. The van der Waals surface area contributed by atoms with Gasteiger partial charge in [0.1, 0.15) is 0 Å². The predicted molar refractivity (Wildman–Crippen MR) is 107 cm³/mol. The second-order valence-corrected chi connectivity index (χ2v) is 8.44. The smallest absolute Gasteiger partial charge is 0.165 e. The van der Waals surface area contributed by atoms with E-state index in [2.05, 4.69) is 13.0 Å². The van der Waals surface area contributed by atoms with Gasteiger partial charge < -0.3 is 4.74 Å². The summed E-state index contributed by atoms with van der Waals surface area (Å²) >= 11 is 0. The summed E-state index contributed by atoms with van der Waals surface area (Å²) in [5.41, 5.74) is 2.65. The first-order valence-electron chi connectivity index (χ1n) is 10.7. The van der Waals surface area contributed by atoms with E-state index in [0.29, 0.717) is 5.75 Å². The van der Waals surface area contributed by atoms with Gasteiger partial charge in [0.2, 0.25) is 0 Å². The molecule has 0 aliphatic heterocycles. The maximum absolute atomic E-state index is 13.8. The van der Waals surface area contributed by atoms with E-state index in [1.54, 1.807) is 17.7 Å². The summed E-state index contributed by atoms with van der Waals surface area (Å²) in [5.74, 6) is 2.98. The number of ether oxygens (including phenoxy) is 1. The van der Waals surface area contributed by atoms with E-state index >= 15 is 0 Å². The summed E-state index contributed by atoms with van der Waals surface area (Å²) < 4.78 is 18.8. The minimum absolute atomic E-state index is 0.249. The molecule has 2 heteroatoms. The molecule has 1 nitrogen and oxygen atoms in total. The van der Waals surface area contributed by atoms with E-state index in [1.807, 2.05) is 6.07 Å². The van der Waals surface area contributed by atoms with Gasteiger partial charge in [-0.3, -0.25) is 0 Å². The highest BCUT2D eigenvalue weighted by Gasteiger charge is 2.28. The van der Waals surface area contributed by atoms with Crippen LogP contribution >= 0.6 is 0 Å². The zero-order valence-corrected chi connectivity index (χ0v) is 16.6. The molecule has 26 heavy (non-hydrogen) atoms. The highest BCUT2D eigenvalue weighted by molar-refractivity contribution is 5.29. The van der Waals surface area contributed by atoms with Crippen molar-refractivity contribution in [3.05, 3.63) is 41.2 Å². The number of rotatable bonds is 7. The molecule has 144 valence electrons. The van der Waals surface area contributed by atoms with Crippen molar-refractivity contribution < 1.29 is 9.13 Å². The zero-order valence-electron chi connectivity index (χ0n) is 16.6. The van der Waals surface area contributed by atoms with Crippen LogP contribution < -0.4 is 4.74 Å². The number of halogens is 1. The normalized spacial score (nSPS) is 26.4. The molecule has 0 N–H and O–H groups in total. The number of hydrogen-bond donors (Lipinski definition) is 0. The van der Waals surface area contributed by atoms with Crippen molar-refractivity contribution in [3.63, 3.8) is 0 Å². The van der Waals surface area contributed by atoms with Crippen molar-refractivity contribution in [1.29, 1.82) is 0 Å². The summed E-state index contributed by atoms with van der Waals surface area (Å²) in [6, 6.07) is 5.35. The maximum atomic E-state index is 13.8. The number of methoxy groups -OCH3 is 1. The molecule has 1 atom stereocenters. The summed E-state index contributed by atoms with van der Waals surface area (Å²) in [7, 11) is 1.51. The first-order chi connectivity index (χ1) is 12.7. The highest BCUT2D eigenvalue weighted by Crippen LogP contribution is 2.41. The van der Waals surface area contributed by atoms with E-state index in [0.717, 1.165) is 36.2 Å². The Morgan fingerprint density at radius 3 is 2.46 bits per heavy atom. The Labute approximate surface area is 159 Å². The molecule has 1 unspecified atom stereocenters. The van der Waals surface area contributed by atoms with Crippen molar-refractivity contribution >= 4 is 0 Å². The van der Waals surface area contributed by atoms with Gasteiger partial charge >= 0.3 is 0 Å². The third-order valence-corrected chi connectivity index (χ3v) is 6.75. The van der Waals surface area contributed by atoms with Gasteiger partial charge in [-0.1, -0.05) is 50.3 Å². The van der Waals surface area contributed by atoms with Gasteiger partial charge in [0.05, 0.1) is 7.11 Å². The van der Waals surface area contributed by atoms with Crippen LogP contribution in [0.25, 0.3) is 0 Å². The van der Waals surface area contributed by atoms with Crippen LogP contribution in [-0.4, -0.2) is 7.11 Å². The standard InChI is InChI=1S/C24H35FO/c1-3-4-18-7-12-21(13-8-18)22-14-9-19(10-15-22)5-6-20-11-16-24(26-2)23(25)17-20/h9,11,16-18,21-22H,3-8,10,12-15H2,1-2H3/t18-,21-,22?. The van der Waals surface area contributed by atoms with Crippen molar-refractivity contribution in [1.82, 2.24) is 0 Å². The molecule has 2 aliphatic rings. The van der Waals surface area contributed by atoms with Gasteiger partial charge in [-0.05, 0) is 80.4 Å². The lowest BCUT2D eigenvalue weighted by Crippen LogP contribution is -2.23. The van der Waals surface area contributed by atoms with Crippen molar-refractivity contribution in [2.24, 2.45) is 17.8 Å². The summed E-state index contributed by atoms with van der Waals surface area (Å²) in [5, 5.41) is 0. The number of allylic oxidation sites excluding steroid dienone is 2. The van der Waals surface area contributed by atoms with Gasteiger partial charge in [0, 0.05) is 0 Å². The molecule has 1 saturated carbocycles. The van der Waals surface area contributed by atoms with Crippen LogP contribution in [0.1, 0.15) is 76.7 Å². The maximum Gasteiger partial charge on any atom is 0.165 e. The van der Waals surface area contributed by atoms with Crippen molar-refractivity contribution in [3.8, 4) is 5.75 Å². The molecular weight excluding hydrogens is 323 g/mol. The lowest BCUT2D eigenvalue weighted by molar-refractivity contribution is 0.186. The Morgan fingerprint density at radius 2 is 1.85 bits per heavy atom. The molecule has 1 aromatic rings. The molecule has 0 saturated heterocycles. The Hall–Kier alpha value is -1.31. The van der Waals surface area contributed by atoms with E-state index in [4.69, 9.17) is 4.74 Å². The average Bonchev–Trinajstić information content (AvgIpc) is 2.68. The molecule has 1 aromatic carbocycles. The summed E-state index contributed by atoms with van der Waals surface area (Å²) in [4.78, 5) is 0. The Morgan fingerprint density at radius 1 is 1.04 bits per heavy atom. The fraction of sp³-hybridized carbons (Fsp3) is 0.667. The van der Waals surface area contributed by atoms with Gasteiger partial charge in [-0.25, -0.2) is 4.39 Å². The van der Waals surface area contributed by atoms with Crippen molar-refractivity contribution in [2.75, 3.05) is 7.11 Å². The SMILES string of the molecule is CCC[C@H]1CC[C@H](C2CC=C(CCc3ccc(OC)c(F)c3)CC2)CC1. The fourth-order valence-corrected chi connectivity index (χ4v) is 5.09. The number of hydrogen-bond acceptors (Lipinski definition) is 1. The van der Waals surface area contributed by atoms with Crippen LogP contribution in [0.15, 0.2) is 29.8 Å². The predicted octanol–water partition coefficient (Wildman–Crippen LogP) is 7.10. The molecule has 0 bridgehead atoms. The molecule has 0 radical (unpaired) electrons. The third-order valence-electron chi connectivity index (χ3n) is 6.75. The minimum Gasteiger partial charge on any atom is -0.494 e. The topological polar surface area (TPSA) is 9.23 Å².